The molecule has 1 N–H and O–H groups in total. The summed E-state index contributed by atoms with van der Waals surface area (Å²) in [5.41, 5.74) is 1.10. The summed E-state index contributed by atoms with van der Waals surface area (Å²) in [5.74, 6) is 0. The summed E-state index contributed by atoms with van der Waals surface area (Å²) in [5, 5.41) is 4.07. The second-order valence-corrected chi connectivity index (χ2v) is 3.74. The van der Waals surface area contributed by atoms with Crippen LogP contribution >= 0.6 is 0 Å². The number of hydrogen-bond donors (Lipinski definition) is 1. The molecule has 84 valence electrons. The molecule has 0 fully saturated rings. The number of nitrogens with zero attached hydrogens (tertiary/aromatic N) is 1. The van der Waals surface area contributed by atoms with Gasteiger partial charge in [0.1, 0.15) is 0 Å². The molecule has 1 aromatic carbocycles. The van der Waals surface area contributed by atoms with Crippen molar-refractivity contribution in [2.75, 3.05) is 13.1 Å². The highest BCUT2D eigenvalue weighted by Gasteiger charge is 2.00. The second-order valence-electron chi connectivity index (χ2n) is 3.74. The van der Waals surface area contributed by atoms with E-state index in [1.165, 1.54) is 0 Å². The minimum Gasteiger partial charge on any atom is -0.346 e. The maximum Gasteiger partial charge on any atom is 0.189 e. The van der Waals surface area contributed by atoms with E-state index >= 15 is 0 Å². The minimum atomic E-state index is 0.0929. The highest BCUT2D eigenvalue weighted by molar-refractivity contribution is 5.78. The lowest BCUT2D eigenvalue weighted by atomic mass is 10.2. The molecule has 2 rings (SSSR count). The van der Waals surface area contributed by atoms with Crippen molar-refractivity contribution in [2.45, 2.75) is 13.5 Å². The molecule has 0 spiro atoms. The highest BCUT2D eigenvalue weighted by atomic mass is 16.1. The van der Waals surface area contributed by atoms with Crippen LogP contribution in [0.1, 0.15) is 6.92 Å². The summed E-state index contributed by atoms with van der Waals surface area (Å²) < 4.78 is 2.11. The van der Waals surface area contributed by atoms with E-state index in [2.05, 4.69) is 16.8 Å². The fourth-order valence-electron chi connectivity index (χ4n) is 1.83. The van der Waals surface area contributed by atoms with Gasteiger partial charge in [0.15, 0.2) is 5.43 Å². The molecular formula is C13H16N2O. The molecule has 2 aromatic rings. The van der Waals surface area contributed by atoms with Crippen molar-refractivity contribution in [2.24, 2.45) is 0 Å². The van der Waals surface area contributed by atoms with Crippen LogP contribution in [0.4, 0.5) is 0 Å². The van der Waals surface area contributed by atoms with Crippen molar-refractivity contribution in [3.63, 3.8) is 0 Å². The number of aromatic nitrogens is 1. The first-order valence-electron chi connectivity index (χ1n) is 5.62. The predicted octanol–water partition coefficient (Wildman–Crippen LogP) is 1.61. The predicted molar refractivity (Wildman–Crippen MR) is 66.8 cm³/mol. The van der Waals surface area contributed by atoms with Gasteiger partial charge in [-0.05, 0) is 18.7 Å². The van der Waals surface area contributed by atoms with Gasteiger partial charge in [-0.25, -0.2) is 0 Å². The number of hydrogen-bond acceptors (Lipinski definition) is 2. The number of nitrogens with one attached hydrogen (secondary N) is 1. The smallest absolute Gasteiger partial charge is 0.189 e. The van der Waals surface area contributed by atoms with E-state index in [0.29, 0.717) is 0 Å². The number of fused-ring (bicyclic) bond motifs is 1. The lowest BCUT2D eigenvalue weighted by Gasteiger charge is -2.10. The molecule has 0 unspecified atom stereocenters. The zero-order valence-corrected chi connectivity index (χ0v) is 9.44. The van der Waals surface area contributed by atoms with Crippen LogP contribution in [0.5, 0.6) is 0 Å². The standard InChI is InChI=1S/C13H16N2O/c1-2-14-8-10-15-9-7-13(16)11-5-3-4-6-12(11)15/h3-7,9,14H,2,8,10H2,1H3. The molecule has 0 bridgehead atoms. The molecule has 0 saturated heterocycles. The number of benzene rings is 1. The Labute approximate surface area is 94.7 Å². The van der Waals surface area contributed by atoms with Gasteiger partial charge in [-0.3, -0.25) is 4.79 Å². The van der Waals surface area contributed by atoms with E-state index in [4.69, 9.17) is 0 Å². The van der Waals surface area contributed by atoms with E-state index in [9.17, 15) is 4.79 Å². The Kier molecular flexibility index (Phi) is 3.37. The zero-order chi connectivity index (χ0) is 11.4. The maximum atomic E-state index is 11.6. The summed E-state index contributed by atoms with van der Waals surface area (Å²) in [6.45, 7) is 4.86. The van der Waals surface area contributed by atoms with Crippen LogP contribution in [-0.2, 0) is 6.54 Å². The van der Waals surface area contributed by atoms with Crippen LogP contribution in [0, 0.1) is 0 Å². The summed E-state index contributed by atoms with van der Waals surface area (Å²) in [7, 11) is 0. The topological polar surface area (TPSA) is 34.0 Å². The largest absolute Gasteiger partial charge is 0.346 e. The van der Waals surface area contributed by atoms with Crippen molar-refractivity contribution in [3.05, 3.63) is 46.8 Å². The third-order valence-corrected chi connectivity index (χ3v) is 2.66. The molecular weight excluding hydrogens is 200 g/mol. The Morgan fingerprint density at radius 2 is 2.06 bits per heavy atom. The third kappa shape index (κ3) is 2.14. The van der Waals surface area contributed by atoms with E-state index in [1.54, 1.807) is 6.07 Å². The van der Waals surface area contributed by atoms with Crippen LogP contribution in [0.15, 0.2) is 41.3 Å². The van der Waals surface area contributed by atoms with E-state index in [0.717, 1.165) is 30.5 Å². The number of para-hydroxylation sites is 1. The molecule has 3 nitrogen and oxygen atoms in total. The molecule has 3 heteroatoms. The van der Waals surface area contributed by atoms with Gasteiger partial charge in [-0.2, -0.15) is 0 Å². The molecule has 0 aliphatic heterocycles. The van der Waals surface area contributed by atoms with Crippen LogP contribution in [0.3, 0.4) is 0 Å². The molecule has 1 aromatic heterocycles. The van der Waals surface area contributed by atoms with Gasteiger partial charge in [-0.15, -0.1) is 0 Å². The Bertz CT molecular complexity index is 531. The third-order valence-electron chi connectivity index (χ3n) is 2.66. The summed E-state index contributed by atoms with van der Waals surface area (Å²) in [6.07, 6.45) is 1.86. The first-order chi connectivity index (χ1) is 7.83. The Morgan fingerprint density at radius 3 is 2.88 bits per heavy atom. The fourth-order valence-corrected chi connectivity index (χ4v) is 1.83. The second kappa shape index (κ2) is 4.94. The monoisotopic (exact) mass is 216 g/mol. The maximum absolute atomic E-state index is 11.6. The van der Waals surface area contributed by atoms with Gasteiger partial charge >= 0.3 is 0 Å². The normalized spacial score (nSPS) is 10.8. The lowest BCUT2D eigenvalue weighted by Crippen LogP contribution is -2.20. The molecule has 0 atom stereocenters. The van der Waals surface area contributed by atoms with Crippen LogP contribution < -0.4 is 10.7 Å². The van der Waals surface area contributed by atoms with Crippen molar-refractivity contribution < 1.29 is 0 Å². The first kappa shape index (κ1) is 10.9. The number of likely N-dealkylation sites (N-methyl/N-ethyl adjacent to an activating group) is 1. The number of rotatable bonds is 4. The lowest BCUT2D eigenvalue weighted by molar-refractivity contribution is 0.624. The van der Waals surface area contributed by atoms with E-state index in [1.807, 2.05) is 30.5 Å². The molecule has 0 radical (unpaired) electrons. The Hall–Kier alpha value is -1.61. The molecule has 0 aliphatic rings. The van der Waals surface area contributed by atoms with Crippen molar-refractivity contribution in [3.8, 4) is 0 Å². The SMILES string of the molecule is CCNCCn1ccc(=O)c2ccccc21. The van der Waals surface area contributed by atoms with Crippen LogP contribution in [0.25, 0.3) is 10.9 Å². The highest BCUT2D eigenvalue weighted by Crippen LogP contribution is 2.08. The average molecular weight is 216 g/mol. The molecule has 16 heavy (non-hydrogen) atoms. The van der Waals surface area contributed by atoms with Crippen molar-refractivity contribution in [1.82, 2.24) is 9.88 Å². The van der Waals surface area contributed by atoms with Gasteiger partial charge in [0.25, 0.3) is 0 Å². The van der Waals surface area contributed by atoms with Gasteiger partial charge in [0.2, 0.25) is 0 Å². The minimum absolute atomic E-state index is 0.0929. The zero-order valence-electron chi connectivity index (χ0n) is 9.44. The quantitative estimate of drug-likeness (QED) is 0.788. The summed E-state index contributed by atoms with van der Waals surface area (Å²) >= 11 is 0. The van der Waals surface area contributed by atoms with Gasteiger partial charge in [0, 0.05) is 30.7 Å². The fraction of sp³-hybridized carbons (Fsp3) is 0.308. The Balaban J connectivity index is 2.38. The first-order valence-corrected chi connectivity index (χ1v) is 5.62. The average Bonchev–Trinajstić information content (AvgIpc) is 2.33. The van der Waals surface area contributed by atoms with E-state index in [-0.39, 0.29) is 5.43 Å². The van der Waals surface area contributed by atoms with Gasteiger partial charge in [0.05, 0.1) is 5.52 Å². The molecule has 0 aliphatic carbocycles. The molecule has 0 amide bonds. The van der Waals surface area contributed by atoms with Crippen molar-refractivity contribution >= 4 is 10.9 Å². The Morgan fingerprint density at radius 1 is 1.25 bits per heavy atom. The van der Waals surface area contributed by atoms with Crippen molar-refractivity contribution in [1.29, 1.82) is 0 Å². The summed E-state index contributed by atoms with van der Waals surface area (Å²) in [4.78, 5) is 11.6. The molecule has 1 heterocycles. The molecule has 0 saturated carbocycles. The van der Waals surface area contributed by atoms with Crippen LogP contribution in [-0.4, -0.2) is 17.7 Å². The number of pyridine rings is 1. The van der Waals surface area contributed by atoms with Gasteiger partial charge < -0.3 is 9.88 Å². The van der Waals surface area contributed by atoms with Gasteiger partial charge in [-0.1, -0.05) is 19.1 Å². The van der Waals surface area contributed by atoms with E-state index < -0.39 is 0 Å². The summed E-state index contributed by atoms with van der Waals surface area (Å²) in [6, 6.07) is 9.36. The van der Waals surface area contributed by atoms with Crippen LogP contribution in [0.2, 0.25) is 0 Å².